The van der Waals surface area contributed by atoms with Crippen molar-refractivity contribution in [3.63, 3.8) is 0 Å². The number of anilines is 1. The van der Waals surface area contributed by atoms with Gasteiger partial charge in [0.25, 0.3) is 0 Å². The van der Waals surface area contributed by atoms with Crippen molar-refractivity contribution in [1.82, 2.24) is 4.90 Å². The van der Waals surface area contributed by atoms with Gasteiger partial charge in [-0.2, -0.15) is 0 Å². The van der Waals surface area contributed by atoms with Crippen LogP contribution in [0.3, 0.4) is 0 Å². The summed E-state index contributed by atoms with van der Waals surface area (Å²) >= 11 is 0. The topological polar surface area (TPSA) is 67.9 Å². The van der Waals surface area contributed by atoms with Crippen LogP contribution in [0, 0.1) is 19.8 Å². The second-order valence-corrected chi connectivity index (χ2v) is 7.08. The van der Waals surface area contributed by atoms with Gasteiger partial charge >= 0.3 is 12.1 Å². The second-order valence-electron chi connectivity index (χ2n) is 7.08. The molecule has 0 saturated carbocycles. The van der Waals surface area contributed by atoms with Crippen LogP contribution in [0.1, 0.15) is 30.4 Å². The highest BCUT2D eigenvalue weighted by atomic mass is 16.6. The van der Waals surface area contributed by atoms with Gasteiger partial charge in [0.15, 0.2) is 0 Å². The SMILES string of the molecule is COC(=O)[C@H]1[C@@H](OC(=O)Nc2c(C)cccc2C)C[C@H]2CC[C@@H]1N2C. The lowest BCUT2D eigenvalue weighted by atomic mass is 9.87. The summed E-state index contributed by atoms with van der Waals surface area (Å²) in [5, 5.41) is 2.84. The Morgan fingerprint density at radius 1 is 1.20 bits per heavy atom. The molecule has 4 atom stereocenters. The Labute approximate surface area is 148 Å². The van der Waals surface area contributed by atoms with Crippen LogP contribution in [0.2, 0.25) is 0 Å². The molecule has 6 nitrogen and oxygen atoms in total. The molecule has 25 heavy (non-hydrogen) atoms. The van der Waals surface area contributed by atoms with Gasteiger partial charge in [0, 0.05) is 24.2 Å². The summed E-state index contributed by atoms with van der Waals surface area (Å²) in [6.45, 7) is 3.88. The lowest BCUT2D eigenvalue weighted by molar-refractivity contribution is -0.155. The van der Waals surface area contributed by atoms with Gasteiger partial charge < -0.3 is 9.47 Å². The summed E-state index contributed by atoms with van der Waals surface area (Å²) < 4.78 is 10.7. The number of fused-ring (bicyclic) bond motifs is 2. The first-order valence-electron chi connectivity index (χ1n) is 8.76. The molecular formula is C19H26N2O4. The third kappa shape index (κ3) is 3.35. The average Bonchev–Trinajstić information content (AvgIpc) is 2.81. The van der Waals surface area contributed by atoms with E-state index in [0.717, 1.165) is 29.7 Å². The third-order valence-corrected chi connectivity index (χ3v) is 5.65. The van der Waals surface area contributed by atoms with E-state index >= 15 is 0 Å². The van der Waals surface area contributed by atoms with E-state index in [-0.39, 0.29) is 12.0 Å². The Morgan fingerprint density at radius 2 is 1.88 bits per heavy atom. The number of carbonyl (C=O) groups is 2. The summed E-state index contributed by atoms with van der Waals surface area (Å²) in [4.78, 5) is 27.0. The fourth-order valence-corrected chi connectivity index (χ4v) is 4.27. The largest absolute Gasteiger partial charge is 0.469 e. The first kappa shape index (κ1) is 17.7. The van der Waals surface area contributed by atoms with Crippen molar-refractivity contribution in [2.45, 2.75) is 51.3 Å². The molecule has 2 saturated heterocycles. The molecule has 1 N–H and O–H groups in total. The Morgan fingerprint density at radius 3 is 2.52 bits per heavy atom. The maximum atomic E-state index is 12.5. The van der Waals surface area contributed by atoms with Crippen molar-refractivity contribution in [2.24, 2.45) is 5.92 Å². The zero-order valence-electron chi connectivity index (χ0n) is 15.2. The molecule has 0 spiro atoms. The van der Waals surface area contributed by atoms with Gasteiger partial charge in [-0.25, -0.2) is 4.79 Å². The van der Waals surface area contributed by atoms with Gasteiger partial charge in [-0.1, -0.05) is 18.2 Å². The monoisotopic (exact) mass is 346 g/mol. The van der Waals surface area contributed by atoms with Gasteiger partial charge in [0.2, 0.25) is 0 Å². The molecule has 0 aromatic heterocycles. The number of piperidine rings is 1. The summed E-state index contributed by atoms with van der Waals surface area (Å²) in [6.07, 6.45) is 1.64. The van der Waals surface area contributed by atoms with Gasteiger partial charge in [-0.05, 0) is 44.9 Å². The number of hydrogen-bond acceptors (Lipinski definition) is 5. The summed E-state index contributed by atoms with van der Waals surface area (Å²) in [7, 11) is 3.42. The summed E-state index contributed by atoms with van der Waals surface area (Å²) in [5.41, 5.74) is 2.72. The minimum absolute atomic E-state index is 0.0733. The molecule has 2 fully saturated rings. The van der Waals surface area contributed by atoms with Crippen molar-refractivity contribution in [2.75, 3.05) is 19.5 Å². The molecule has 0 unspecified atom stereocenters. The standard InChI is InChI=1S/C19H26N2O4/c1-11-6-5-7-12(2)17(11)20-19(23)25-15-10-13-8-9-14(21(13)3)16(15)18(22)24-4/h5-7,13-16H,8-10H2,1-4H3,(H,20,23)/t13-,14+,15+,16-/m1/s1. The van der Waals surface area contributed by atoms with Gasteiger partial charge in [0.05, 0.1) is 7.11 Å². The number of ether oxygens (including phenoxy) is 2. The number of carbonyl (C=O) groups excluding carboxylic acids is 2. The van der Waals surface area contributed by atoms with Crippen LogP contribution in [0.4, 0.5) is 10.5 Å². The highest BCUT2D eigenvalue weighted by molar-refractivity contribution is 5.87. The Kier molecular flexibility index (Phi) is 4.99. The number of esters is 1. The second kappa shape index (κ2) is 7.04. The number of amides is 1. The third-order valence-electron chi connectivity index (χ3n) is 5.65. The number of nitrogens with one attached hydrogen (secondary N) is 1. The number of nitrogens with zero attached hydrogens (tertiary/aromatic N) is 1. The molecule has 2 aliphatic heterocycles. The number of para-hydroxylation sites is 1. The first-order chi connectivity index (χ1) is 11.9. The van der Waals surface area contributed by atoms with Crippen LogP contribution in [0.15, 0.2) is 18.2 Å². The molecule has 6 heteroatoms. The van der Waals surface area contributed by atoms with Crippen LogP contribution in [0.25, 0.3) is 0 Å². The quantitative estimate of drug-likeness (QED) is 0.853. The minimum atomic E-state index is -0.514. The summed E-state index contributed by atoms with van der Waals surface area (Å²) in [5.74, 6) is -0.737. The normalized spacial score (nSPS) is 28.5. The molecule has 1 aromatic carbocycles. The van der Waals surface area contributed by atoms with Crippen molar-refractivity contribution < 1.29 is 19.1 Å². The lowest BCUT2D eigenvalue weighted by Gasteiger charge is -2.40. The van der Waals surface area contributed by atoms with Gasteiger partial charge in [-0.3, -0.25) is 15.0 Å². The zero-order valence-corrected chi connectivity index (χ0v) is 15.2. The molecule has 3 rings (SSSR count). The highest BCUT2D eigenvalue weighted by Crippen LogP contribution is 2.40. The van der Waals surface area contributed by atoms with Gasteiger partial charge in [-0.15, -0.1) is 0 Å². The minimum Gasteiger partial charge on any atom is -0.469 e. The van der Waals surface area contributed by atoms with Crippen molar-refractivity contribution in [1.29, 1.82) is 0 Å². The predicted molar refractivity (Wildman–Crippen MR) is 94.5 cm³/mol. The Bertz CT molecular complexity index is 655. The number of rotatable bonds is 3. The average molecular weight is 346 g/mol. The van der Waals surface area contributed by atoms with Crippen molar-refractivity contribution in [3.05, 3.63) is 29.3 Å². The van der Waals surface area contributed by atoms with Crippen molar-refractivity contribution in [3.8, 4) is 0 Å². The molecule has 2 bridgehead atoms. The predicted octanol–water partition coefficient (Wildman–Crippen LogP) is 2.88. The van der Waals surface area contributed by atoms with Crippen LogP contribution in [-0.4, -0.2) is 49.3 Å². The summed E-state index contributed by atoms with van der Waals surface area (Å²) in [6, 6.07) is 6.25. The van der Waals surface area contributed by atoms with E-state index in [4.69, 9.17) is 9.47 Å². The lowest BCUT2D eigenvalue weighted by Crippen LogP contribution is -2.53. The van der Waals surface area contributed by atoms with E-state index in [1.807, 2.05) is 39.1 Å². The smallest absolute Gasteiger partial charge is 0.411 e. The van der Waals surface area contributed by atoms with Crippen molar-refractivity contribution >= 4 is 17.7 Å². The zero-order chi connectivity index (χ0) is 18.1. The molecule has 2 aliphatic rings. The van der Waals surface area contributed by atoms with Gasteiger partial charge in [0.1, 0.15) is 12.0 Å². The molecule has 2 heterocycles. The molecule has 1 amide bonds. The fourth-order valence-electron chi connectivity index (χ4n) is 4.27. The van der Waals surface area contributed by atoms with Crippen LogP contribution in [-0.2, 0) is 14.3 Å². The molecule has 136 valence electrons. The van der Waals surface area contributed by atoms with E-state index in [9.17, 15) is 9.59 Å². The maximum absolute atomic E-state index is 12.5. The fraction of sp³-hybridized carbons (Fsp3) is 0.579. The number of hydrogen-bond donors (Lipinski definition) is 1. The number of methoxy groups -OCH3 is 1. The number of aryl methyl sites for hydroxylation is 2. The van der Waals surface area contributed by atoms with Crippen LogP contribution in [0.5, 0.6) is 0 Å². The highest BCUT2D eigenvalue weighted by Gasteiger charge is 2.51. The molecular weight excluding hydrogens is 320 g/mol. The van der Waals surface area contributed by atoms with E-state index < -0.39 is 18.1 Å². The van der Waals surface area contributed by atoms with Crippen LogP contribution >= 0.6 is 0 Å². The molecule has 0 radical (unpaired) electrons. The van der Waals surface area contributed by atoms with E-state index in [2.05, 4.69) is 10.2 Å². The Hall–Kier alpha value is -2.08. The van der Waals surface area contributed by atoms with E-state index in [0.29, 0.717) is 12.5 Å². The van der Waals surface area contributed by atoms with Crippen LogP contribution < -0.4 is 5.32 Å². The van der Waals surface area contributed by atoms with E-state index in [1.54, 1.807) is 0 Å². The molecule has 0 aliphatic carbocycles. The Balaban J connectivity index is 1.74. The maximum Gasteiger partial charge on any atom is 0.411 e. The number of benzene rings is 1. The first-order valence-corrected chi connectivity index (χ1v) is 8.76. The molecule has 1 aromatic rings. The van der Waals surface area contributed by atoms with E-state index in [1.165, 1.54) is 7.11 Å².